The summed E-state index contributed by atoms with van der Waals surface area (Å²) in [6.07, 6.45) is 0.389. The Hall–Kier alpha value is -2.58. The topological polar surface area (TPSA) is 65.8 Å². The van der Waals surface area contributed by atoms with Crippen LogP contribution < -0.4 is 0 Å². The Labute approximate surface area is 124 Å². The Kier molecular flexibility index (Phi) is 4.41. The van der Waals surface area contributed by atoms with Crippen LogP contribution in [-0.2, 0) is 12.0 Å². The van der Waals surface area contributed by atoms with Crippen LogP contribution in [0.5, 0.6) is 0 Å². The smallest absolute Gasteiger partial charge is 0.167 e. The molecule has 0 radical (unpaired) electrons. The van der Waals surface area contributed by atoms with Crippen LogP contribution in [0.25, 0.3) is 10.4 Å². The Morgan fingerprint density at radius 1 is 1.10 bits per heavy atom. The monoisotopic (exact) mass is 279 g/mol. The molecule has 2 aromatic rings. The van der Waals surface area contributed by atoms with Crippen molar-refractivity contribution in [1.29, 1.82) is 0 Å². The lowest BCUT2D eigenvalue weighted by Gasteiger charge is -2.18. The van der Waals surface area contributed by atoms with Gasteiger partial charge >= 0.3 is 0 Å². The molecule has 106 valence electrons. The normalized spacial score (nSPS) is 10.8. The van der Waals surface area contributed by atoms with E-state index in [0.717, 1.165) is 11.1 Å². The fraction of sp³-hybridized carbons (Fsp3) is 0.235. The molecule has 2 aromatic carbocycles. The maximum absolute atomic E-state index is 12.2. The molecule has 0 saturated heterocycles. The van der Waals surface area contributed by atoms with E-state index < -0.39 is 5.54 Å². The predicted octanol–water partition coefficient (Wildman–Crippen LogP) is 4.66. The molecule has 0 aromatic heterocycles. The number of Topliss-reactive ketones (excluding diaryl/α,β-unsaturated/α-hetero) is 1. The van der Waals surface area contributed by atoms with Gasteiger partial charge in [0, 0.05) is 16.9 Å². The van der Waals surface area contributed by atoms with Crippen molar-refractivity contribution in [3.63, 3.8) is 0 Å². The van der Waals surface area contributed by atoms with Gasteiger partial charge in [0.2, 0.25) is 0 Å². The molecule has 0 aliphatic heterocycles. The van der Waals surface area contributed by atoms with E-state index in [1.165, 1.54) is 0 Å². The van der Waals surface area contributed by atoms with Crippen molar-refractivity contribution in [2.24, 2.45) is 5.11 Å². The first-order chi connectivity index (χ1) is 10.0. The van der Waals surface area contributed by atoms with E-state index in [2.05, 4.69) is 10.0 Å². The average molecular weight is 279 g/mol. The van der Waals surface area contributed by atoms with E-state index in [1.54, 1.807) is 12.1 Å². The third kappa shape index (κ3) is 3.71. The van der Waals surface area contributed by atoms with Crippen molar-refractivity contribution in [1.82, 2.24) is 0 Å². The Morgan fingerprint density at radius 3 is 2.29 bits per heavy atom. The molecule has 21 heavy (non-hydrogen) atoms. The molecule has 0 amide bonds. The molecule has 0 N–H and O–H groups in total. The quantitative estimate of drug-likeness (QED) is 0.340. The van der Waals surface area contributed by atoms with Crippen molar-refractivity contribution in [3.05, 3.63) is 81.7 Å². The molecule has 0 spiro atoms. The van der Waals surface area contributed by atoms with Crippen molar-refractivity contribution >= 4 is 5.78 Å². The summed E-state index contributed by atoms with van der Waals surface area (Å²) in [5.41, 5.74) is 10.5. The van der Waals surface area contributed by atoms with Crippen LogP contribution in [-0.4, -0.2) is 5.78 Å². The Morgan fingerprint density at radius 2 is 1.71 bits per heavy atom. The first-order valence-corrected chi connectivity index (χ1v) is 6.77. The zero-order valence-corrected chi connectivity index (χ0v) is 12.2. The molecule has 0 heterocycles. The van der Waals surface area contributed by atoms with E-state index in [4.69, 9.17) is 5.53 Å². The van der Waals surface area contributed by atoms with Crippen molar-refractivity contribution < 1.29 is 4.79 Å². The second-order valence-corrected chi connectivity index (χ2v) is 5.41. The maximum atomic E-state index is 12.2. The van der Waals surface area contributed by atoms with Gasteiger partial charge in [0.25, 0.3) is 0 Å². The van der Waals surface area contributed by atoms with Gasteiger partial charge in [0.15, 0.2) is 5.78 Å². The zero-order chi connectivity index (χ0) is 15.3. The predicted molar refractivity (Wildman–Crippen MR) is 83.1 cm³/mol. The standard InChI is InChI=1S/C17H17N3O/c1-17(2,19-20-18)15-10-8-14(9-11-15)16(21)12-13-6-4-3-5-7-13/h3-11H,12H2,1-2H3. The van der Waals surface area contributed by atoms with Crippen LogP contribution >= 0.6 is 0 Å². The van der Waals surface area contributed by atoms with Gasteiger partial charge in [-0.25, -0.2) is 0 Å². The number of azide groups is 1. The van der Waals surface area contributed by atoms with E-state index in [1.807, 2.05) is 56.3 Å². The molecule has 0 bridgehead atoms. The molecule has 0 saturated carbocycles. The summed E-state index contributed by atoms with van der Waals surface area (Å²) in [6.45, 7) is 3.68. The summed E-state index contributed by atoms with van der Waals surface area (Å²) < 4.78 is 0. The summed E-state index contributed by atoms with van der Waals surface area (Å²) in [6, 6.07) is 16.9. The van der Waals surface area contributed by atoms with Crippen LogP contribution in [0.4, 0.5) is 0 Å². The van der Waals surface area contributed by atoms with E-state index in [-0.39, 0.29) is 5.78 Å². The minimum atomic E-state index is -0.615. The van der Waals surface area contributed by atoms with Crippen molar-refractivity contribution in [2.75, 3.05) is 0 Å². The summed E-state index contributed by atoms with van der Waals surface area (Å²) in [5.74, 6) is 0.0781. The highest BCUT2D eigenvalue weighted by molar-refractivity contribution is 5.97. The van der Waals surface area contributed by atoms with E-state index >= 15 is 0 Å². The fourth-order valence-electron chi connectivity index (χ4n) is 2.12. The van der Waals surface area contributed by atoms with Crippen LogP contribution in [0.1, 0.15) is 35.3 Å². The molecular weight excluding hydrogens is 262 g/mol. The van der Waals surface area contributed by atoms with Gasteiger partial charge in [-0.2, -0.15) is 0 Å². The number of rotatable bonds is 5. The second-order valence-electron chi connectivity index (χ2n) is 5.41. The minimum absolute atomic E-state index is 0.0781. The maximum Gasteiger partial charge on any atom is 0.167 e. The van der Waals surface area contributed by atoms with Gasteiger partial charge in [0.05, 0.1) is 5.54 Å². The fourth-order valence-corrected chi connectivity index (χ4v) is 2.12. The molecule has 4 nitrogen and oxygen atoms in total. The van der Waals surface area contributed by atoms with Gasteiger partial charge in [-0.1, -0.05) is 73.6 Å². The summed E-state index contributed by atoms with van der Waals surface area (Å²) in [5, 5.41) is 3.76. The summed E-state index contributed by atoms with van der Waals surface area (Å²) in [7, 11) is 0. The van der Waals surface area contributed by atoms with Crippen LogP contribution in [0.15, 0.2) is 59.7 Å². The highest BCUT2D eigenvalue weighted by Crippen LogP contribution is 2.25. The first-order valence-electron chi connectivity index (χ1n) is 6.77. The number of carbonyl (C=O) groups is 1. The van der Waals surface area contributed by atoms with Crippen molar-refractivity contribution in [3.8, 4) is 0 Å². The molecule has 2 rings (SSSR count). The first kappa shape index (κ1) is 14.8. The third-order valence-corrected chi connectivity index (χ3v) is 3.42. The molecule has 0 aliphatic rings. The number of hydrogen-bond acceptors (Lipinski definition) is 2. The number of ketones is 1. The lowest BCUT2D eigenvalue weighted by molar-refractivity contribution is 0.0993. The lowest BCUT2D eigenvalue weighted by atomic mass is 9.93. The molecule has 4 heteroatoms. The molecule has 0 unspecified atom stereocenters. The lowest BCUT2D eigenvalue weighted by Crippen LogP contribution is -2.13. The van der Waals surface area contributed by atoms with E-state index in [9.17, 15) is 4.79 Å². The van der Waals surface area contributed by atoms with Crippen LogP contribution in [0.2, 0.25) is 0 Å². The Balaban J connectivity index is 2.15. The molecule has 0 fully saturated rings. The number of carbonyl (C=O) groups excluding carboxylic acids is 1. The summed E-state index contributed by atoms with van der Waals surface area (Å²) in [4.78, 5) is 15.1. The third-order valence-electron chi connectivity index (χ3n) is 3.42. The minimum Gasteiger partial charge on any atom is -0.294 e. The SMILES string of the molecule is CC(C)(N=[N+]=[N-])c1ccc(C(=O)Cc2ccccc2)cc1. The zero-order valence-electron chi connectivity index (χ0n) is 12.2. The van der Waals surface area contributed by atoms with Gasteiger partial charge in [-0.05, 0) is 16.7 Å². The van der Waals surface area contributed by atoms with Crippen molar-refractivity contribution in [2.45, 2.75) is 25.8 Å². The Bertz CT molecular complexity index is 669. The van der Waals surface area contributed by atoms with E-state index in [0.29, 0.717) is 12.0 Å². The number of nitrogens with zero attached hydrogens (tertiary/aromatic N) is 3. The van der Waals surface area contributed by atoms with Gasteiger partial charge < -0.3 is 0 Å². The molecule has 0 atom stereocenters. The molecular formula is C17H17N3O. The highest BCUT2D eigenvalue weighted by Gasteiger charge is 2.18. The number of hydrogen-bond donors (Lipinski definition) is 0. The highest BCUT2D eigenvalue weighted by atomic mass is 16.1. The van der Waals surface area contributed by atoms with Crippen LogP contribution in [0, 0.1) is 0 Å². The molecule has 0 aliphatic carbocycles. The number of benzene rings is 2. The second kappa shape index (κ2) is 6.25. The van der Waals surface area contributed by atoms with Crippen LogP contribution in [0.3, 0.4) is 0 Å². The summed E-state index contributed by atoms with van der Waals surface area (Å²) >= 11 is 0. The largest absolute Gasteiger partial charge is 0.294 e. The van der Waals surface area contributed by atoms with Gasteiger partial charge in [-0.15, -0.1) is 0 Å². The average Bonchev–Trinajstić information content (AvgIpc) is 2.48. The van der Waals surface area contributed by atoms with Gasteiger partial charge in [0.1, 0.15) is 0 Å². The van der Waals surface area contributed by atoms with Gasteiger partial charge in [-0.3, -0.25) is 4.79 Å².